The quantitative estimate of drug-likeness (QED) is 0.210. The Morgan fingerprint density at radius 3 is 2.00 bits per heavy atom. The molecule has 176 valence electrons. The lowest BCUT2D eigenvalue weighted by Gasteiger charge is -2.28. The molecule has 0 aliphatic heterocycles. The van der Waals surface area contributed by atoms with Crippen LogP contribution in [0.5, 0.6) is 5.75 Å². The predicted molar refractivity (Wildman–Crippen MR) is 137 cm³/mol. The van der Waals surface area contributed by atoms with Crippen LogP contribution in [0, 0.1) is 0 Å². The number of ether oxygens (including phenoxy) is 1. The van der Waals surface area contributed by atoms with Crippen molar-refractivity contribution in [3.8, 4) is 5.75 Å². The molecular weight excluding hydrogens is 406 g/mol. The minimum absolute atomic E-state index is 0.476. The van der Waals surface area contributed by atoms with Gasteiger partial charge in [-0.15, -0.1) is 0 Å². The van der Waals surface area contributed by atoms with Crippen LogP contribution in [0.15, 0.2) is 84.9 Å². The number of aliphatic hydroxyl groups is 1. The smallest absolute Gasteiger partial charge is 0.119 e. The molecule has 3 aromatic rings. The molecule has 0 amide bonds. The van der Waals surface area contributed by atoms with Gasteiger partial charge in [0.25, 0.3) is 0 Å². The van der Waals surface area contributed by atoms with Crippen molar-refractivity contribution in [2.45, 2.75) is 64.7 Å². The van der Waals surface area contributed by atoms with Gasteiger partial charge in [-0.25, -0.2) is 0 Å². The molecule has 0 saturated heterocycles. The van der Waals surface area contributed by atoms with Crippen molar-refractivity contribution in [1.29, 1.82) is 0 Å². The van der Waals surface area contributed by atoms with E-state index >= 15 is 0 Å². The first-order valence-electron chi connectivity index (χ1n) is 12.5. The van der Waals surface area contributed by atoms with Gasteiger partial charge in [-0.05, 0) is 41.7 Å². The van der Waals surface area contributed by atoms with Gasteiger partial charge in [0.15, 0.2) is 0 Å². The maximum absolute atomic E-state index is 11.1. The number of hydrogen-bond donors (Lipinski definition) is 1. The molecule has 0 aliphatic rings. The highest BCUT2D eigenvalue weighted by Gasteiger charge is 2.16. The number of hydrogen-bond acceptors (Lipinski definition) is 3. The fourth-order valence-corrected chi connectivity index (χ4v) is 4.05. The Hall–Kier alpha value is -2.62. The number of aliphatic hydroxyl groups excluding tert-OH is 1. The Bertz CT molecular complexity index is 880. The number of benzene rings is 3. The first-order chi connectivity index (χ1) is 16.2. The first-order valence-corrected chi connectivity index (χ1v) is 12.5. The molecule has 0 aliphatic carbocycles. The van der Waals surface area contributed by atoms with Crippen molar-refractivity contribution < 1.29 is 9.84 Å². The molecule has 0 saturated carbocycles. The summed E-state index contributed by atoms with van der Waals surface area (Å²) in [7, 11) is 0. The first kappa shape index (κ1) is 25.0. The molecule has 0 bridgehead atoms. The highest BCUT2D eigenvalue weighted by atomic mass is 16.5. The average molecular weight is 446 g/mol. The van der Waals surface area contributed by atoms with Crippen molar-refractivity contribution in [2.24, 2.45) is 0 Å². The van der Waals surface area contributed by atoms with E-state index in [0.29, 0.717) is 13.0 Å². The Balaban J connectivity index is 1.52. The van der Waals surface area contributed by atoms with Crippen molar-refractivity contribution in [3.05, 3.63) is 102 Å². The molecule has 33 heavy (non-hydrogen) atoms. The van der Waals surface area contributed by atoms with Gasteiger partial charge in [-0.3, -0.25) is 4.90 Å². The Labute approximate surface area is 200 Å². The van der Waals surface area contributed by atoms with Crippen molar-refractivity contribution >= 4 is 0 Å². The van der Waals surface area contributed by atoms with E-state index in [4.69, 9.17) is 4.74 Å². The Kier molecular flexibility index (Phi) is 11.0. The van der Waals surface area contributed by atoms with Crippen LogP contribution in [-0.2, 0) is 19.4 Å². The lowest BCUT2D eigenvalue weighted by Crippen LogP contribution is -2.39. The highest BCUT2D eigenvalue weighted by molar-refractivity contribution is 5.28. The molecule has 1 unspecified atom stereocenters. The van der Waals surface area contributed by atoms with Gasteiger partial charge < -0.3 is 9.84 Å². The molecule has 0 spiro atoms. The summed E-state index contributed by atoms with van der Waals surface area (Å²) in [5.74, 6) is 0.856. The van der Waals surface area contributed by atoms with Crippen LogP contribution in [0.1, 0.15) is 55.7 Å². The topological polar surface area (TPSA) is 32.7 Å². The third kappa shape index (κ3) is 9.41. The molecule has 3 nitrogen and oxygen atoms in total. The van der Waals surface area contributed by atoms with E-state index in [9.17, 15) is 5.11 Å². The zero-order chi connectivity index (χ0) is 23.1. The van der Waals surface area contributed by atoms with Gasteiger partial charge in [0.1, 0.15) is 18.6 Å². The highest BCUT2D eigenvalue weighted by Crippen LogP contribution is 2.17. The van der Waals surface area contributed by atoms with Gasteiger partial charge in [0, 0.05) is 19.5 Å². The lowest BCUT2D eigenvalue weighted by molar-refractivity contribution is 0.00383. The molecule has 0 fully saturated rings. The second-order valence-electron chi connectivity index (χ2n) is 8.79. The van der Waals surface area contributed by atoms with Crippen LogP contribution in [0.4, 0.5) is 0 Å². The van der Waals surface area contributed by atoms with Crippen LogP contribution in [0.3, 0.4) is 0 Å². The standard InChI is InChI=1S/C30H39NO2/c1-2-3-4-5-12-22-31(23-21-26-13-8-6-9-14-26)30(32)24-27-17-19-29(20-18-27)33-25-28-15-10-7-11-16-28/h6-11,13-20,30,32H,2-5,12,21-25H2,1H3. The van der Waals surface area contributed by atoms with E-state index in [1.54, 1.807) is 0 Å². The van der Waals surface area contributed by atoms with Gasteiger partial charge in [0.05, 0.1) is 0 Å². The average Bonchev–Trinajstić information content (AvgIpc) is 2.86. The molecule has 1 N–H and O–H groups in total. The summed E-state index contributed by atoms with van der Waals surface area (Å²) >= 11 is 0. The summed E-state index contributed by atoms with van der Waals surface area (Å²) in [6.45, 7) is 4.62. The van der Waals surface area contributed by atoms with Crippen LogP contribution in [0.25, 0.3) is 0 Å². The van der Waals surface area contributed by atoms with E-state index in [-0.39, 0.29) is 0 Å². The van der Waals surface area contributed by atoms with Crippen molar-refractivity contribution in [2.75, 3.05) is 13.1 Å². The molecule has 3 heteroatoms. The van der Waals surface area contributed by atoms with Crippen LogP contribution in [-0.4, -0.2) is 29.3 Å². The predicted octanol–water partition coefficient (Wildman–Crippen LogP) is 6.64. The molecule has 3 rings (SSSR count). The summed E-state index contributed by atoms with van der Waals surface area (Å²) in [6, 6.07) is 28.9. The second kappa shape index (κ2) is 14.5. The number of rotatable bonds is 15. The largest absolute Gasteiger partial charge is 0.489 e. The normalized spacial score (nSPS) is 12.1. The van der Waals surface area contributed by atoms with Crippen LogP contribution >= 0.6 is 0 Å². The van der Waals surface area contributed by atoms with Gasteiger partial charge in [-0.2, -0.15) is 0 Å². The maximum atomic E-state index is 11.1. The second-order valence-corrected chi connectivity index (χ2v) is 8.79. The molecular formula is C30H39NO2. The monoisotopic (exact) mass is 445 g/mol. The SMILES string of the molecule is CCCCCCCN(CCc1ccccc1)C(O)Cc1ccc(OCc2ccccc2)cc1. The van der Waals surface area contributed by atoms with Crippen LogP contribution < -0.4 is 4.74 Å². The van der Waals surface area contributed by atoms with Gasteiger partial charge >= 0.3 is 0 Å². The number of nitrogens with zero attached hydrogens (tertiary/aromatic N) is 1. The van der Waals surface area contributed by atoms with Gasteiger partial charge in [0.2, 0.25) is 0 Å². The molecule has 3 aromatic carbocycles. The lowest BCUT2D eigenvalue weighted by atomic mass is 10.1. The molecule has 0 aromatic heterocycles. The molecule has 0 radical (unpaired) electrons. The van der Waals surface area contributed by atoms with Gasteiger partial charge in [-0.1, -0.05) is 105 Å². The summed E-state index contributed by atoms with van der Waals surface area (Å²) in [5, 5.41) is 11.1. The molecule has 0 heterocycles. The molecule has 1 atom stereocenters. The van der Waals surface area contributed by atoms with Crippen molar-refractivity contribution in [1.82, 2.24) is 4.90 Å². The van der Waals surface area contributed by atoms with E-state index in [0.717, 1.165) is 42.8 Å². The summed E-state index contributed by atoms with van der Waals surface area (Å²) in [4.78, 5) is 2.25. The zero-order valence-corrected chi connectivity index (χ0v) is 20.0. The zero-order valence-electron chi connectivity index (χ0n) is 20.0. The summed E-state index contributed by atoms with van der Waals surface area (Å²) in [5.41, 5.74) is 3.61. The summed E-state index contributed by atoms with van der Waals surface area (Å²) < 4.78 is 5.90. The van der Waals surface area contributed by atoms with Crippen LogP contribution in [0.2, 0.25) is 0 Å². The minimum atomic E-state index is -0.476. The maximum Gasteiger partial charge on any atom is 0.119 e. The van der Waals surface area contributed by atoms with E-state index in [1.165, 1.54) is 31.2 Å². The van der Waals surface area contributed by atoms with E-state index < -0.39 is 6.23 Å². The summed E-state index contributed by atoms with van der Waals surface area (Å²) in [6.07, 6.45) is 7.31. The number of unbranched alkanes of at least 4 members (excludes halogenated alkanes) is 4. The van der Waals surface area contributed by atoms with E-state index in [1.807, 2.05) is 30.3 Å². The Morgan fingerprint density at radius 2 is 1.33 bits per heavy atom. The third-order valence-corrected chi connectivity index (χ3v) is 6.09. The fourth-order valence-electron chi connectivity index (χ4n) is 4.05. The van der Waals surface area contributed by atoms with Crippen molar-refractivity contribution in [3.63, 3.8) is 0 Å². The Morgan fingerprint density at radius 1 is 0.697 bits per heavy atom. The van der Waals surface area contributed by atoms with E-state index in [2.05, 4.69) is 66.4 Å². The third-order valence-electron chi connectivity index (χ3n) is 6.09. The minimum Gasteiger partial charge on any atom is -0.489 e. The fraction of sp³-hybridized carbons (Fsp3) is 0.400.